The van der Waals surface area contributed by atoms with E-state index in [4.69, 9.17) is 5.11 Å². The molecule has 2 heterocycles. The highest BCUT2D eigenvalue weighted by atomic mass is 19.4. The standard InChI is InChI=1S/C20H24F3N7O2/c1-2-30-11-13(9-26-30)27-18-25-10-15(20(21,22)23)16(28-18)29-19-4-3-12(8-19)7-14(19)17(32)24-5-6-31/h3-4,9-12,14,31H,2,5-8H2,1H3,(H,24,32)(H2,25,27,28,29). The van der Waals surface area contributed by atoms with Crippen LogP contribution in [0.1, 0.15) is 25.3 Å². The molecule has 1 amide bonds. The van der Waals surface area contributed by atoms with Gasteiger partial charge in [0.25, 0.3) is 0 Å². The number of nitrogens with zero attached hydrogens (tertiary/aromatic N) is 4. The van der Waals surface area contributed by atoms with Crippen LogP contribution >= 0.6 is 0 Å². The van der Waals surface area contributed by atoms with Crippen LogP contribution < -0.4 is 16.0 Å². The Bertz CT molecular complexity index is 1020. The van der Waals surface area contributed by atoms with Crippen LogP contribution in [0.3, 0.4) is 0 Å². The van der Waals surface area contributed by atoms with Crippen LogP contribution in [-0.4, -0.2) is 49.5 Å². The number of aliphatic hydroxyl groups excluding tert-OH is 1. The molecule has 0 saturated heterocycles. The van der Waals surface area contributed by atoms with Gasteiger partial charge >= 0.3 is 6.18 Å². The van der Waals surface area contributed by atoms with Crippen molar-refractivity contribution in [2.24, 2.45) is 11.8 Å². The molecule has 3 atom stereocenters. The number of halogens is 3. The average Bonchev–Trinajstić information content (AvgIpc) is 3.45. The minimum atomic E-state index is -4.68. The largest absolute Gasteiger partial charge is 0.421 e. The molecule has 1 fully saturated rings. The molecule has 2 aromatic rings. The number of carbonyl (C=O) groups is 1. The van der Waals surface area contributed by atoms with E-state index in [-0.39, 0.29) is 30.9 Å². The average molecular weight is 451 g/mol. The van der Waals surface area contributed by atoms with Crippen LogP contribution in [0, 0.1) is 11.8 Å². The molecule has 0 spiro atoms. The van der Waals surface area contributed by atoms with Crippen LogP contribution in [0.4, 0.5) is 30.6 Å². The lowest BCUT2D eigenvalue weighted by Gasteiger charge is -2.34. The first-order valence-electron chi connectivity index (χ1n) is 10.3. The number of hydrogen-bond donors (Lipinski definition) is 4. The zero-order valence-electron chi connectivity index (χ0n) is 17.4. The highest BCUT2D eigenvalue weighted by Gasteiger charge is 2.53. The van der Waals surface area contributed by atoms with Crippen molar-refractivity contribution in [1.29, 1.82) is 0 Å². The van der Waals surface area contributed by atoms with E-state index in [0.29, 0.717) is 25.1 Å². The van der Waals surface area contributed by atoms with E-state index in [1.54, 1.807) is 17.0 Å². The second-order valence-electron chi connectivity index (χ2n) is 7.95. The van der Waals surface area contributed by atoms with E-state index in [1.165, 1.54) is 6.20 Å². The number of hydrogen-bond acceptors (Lipinski definition) is 7. The zero-order chi connectivity index (χ0) is 22.9. The monoisotopic (exact) mass is 451 g/mol. The fourth-order valence-corrected chi connectivity index (χ4v) is 4.33. The van der Waals surface area contributed by atoms with Crippen LogP contribution in [0.2, 0.25) is 0 Å². The molecule has 12 heteroatoms. The maximum absolute atomic E-state index is 13.7. The smallest absolute Gasteiger partial charge is 0.395 e. The lowest BCUT2D eigenvalue weighted by atomic mass is 9.85. The molecule has 2 bridgehead atoms. The topological polar surface area (TPSA) is 117 Å². The Morgan fingerprint density at radius 2 is 2.19 bits per heavy atom. The van der Waals surface area contributed by atoms with Crippen LogP contribution in [0.5, 0.6) is 0 Å². The first-order valence-corrected chi connectivity index (χ1v) is 10.3. The molecule has 2 aliphatic rings. The number of aryl methyl sites for hydroxylation is 1. The summed E-state index contributed by atoms with van der Waals surface area (Å²) in [4.78, 5) is 20.6. The lowest BCUT2D eigenvalue weighted by molar-refractivity contribution is -0.137. The Kier molecular flexibility index (Phi) is 5.80. The number of alkyl halides is 3. The van der Waals surface area contributed by atoms with Gasteiger partial charge in [-0.25, -0.2) is 4.98 Å². The summed E-state index contributed by atoms with van der Waals surface area (Å²) in [6.07, 6.45) is 3.92. The molecule has 0 radical (unpaired) electrons. The summed E-state index contributed by atoms with van der Waals surface area (Å²) < 4.78 is 42.8. The van der Waals surface area contributed by atoms with Gasteiger partial charge in [0.1, 0.15) is 11.4 Å². The van der Waals surface area contributed by atoms with E-state index in [0.717, 1.165) is 6.20 Å². The van der Waals surface area contributed by atoms with Crippen molar-refractivity contribution < 1.29 is 23.1 Å². The molecule has 0 aromatic carbocycles. The number of carbonyl (C=O) groups excluding carboxylic acids is 1. The molecule has 32 heavy (non-hydrogen) atoms. The van der Waals surface area contributed by atoms with Crippen molar-refractivity contribution in [3.05, 3.63) is 36.3 Å². The minimum absolute atomic E-state index is 0.0228. The number of rotatable bonds is 8. The molecule has 3 unspecified atom stereocenters. The quantitative estimate of drug-likeness (QED) is 0.455. The van der Waals surface area contributed by atoms with Crippen molar-refractivity contribution in [2.75, 3.05) is 23.8 Å². The van der Waals surface area contributed by atoms with Gasteiger partial charge in [-0.2, -0.15) is 23.3 Å². The zero-order valence-corrected chi connectivity index (χ0v) is 17.4. The van der Waals surface area contributed by atoms with Gasteiger partial charge in [0.2, 0.25) is 11.9 Å². The van der Waals surface area contributed by atoms with Gasteiger partial charge in [-0.05, 0) is 25.7 Å². The van der Waals surface area contributed by atoms with Gasteiger partial charge in [0, 0.05) is 25.5 Å². The summed E-state index contributed by atoms with van der Waals surface area (Å²) in [5.74, 6) is -1.23. The third kappa shape index (κ3) is 4.27. The third-order valence-electron chi connectivity index (χ3n) is 5.81. The van der Waals surface area contributed by atoms with E-state index < -0.39 is 29.0 Å². The molecule has 2 aliphatic carbocycles. The van der Waals surface area contributed by atoms with E-state index in [2.05, 4.69) is 31.0 Å². The van der Waals surface area contributed by atoms with Gasteiger partial charge in [-0.3, -0.25) is 9.48 Å². The summed E-state index contributed by atoms with van der Waals surface area (Å²) in [6.45, 7) is 2.41. The summed E-state index contributed by atoms with van der Waals surface area (Å²) >= 11 is 0. The van der Waals surface area contributed by atoms with E-state index >= 15 is 0 Å². The summed E-state index contributed by atoms with van der Waals surface area (Å²) in [6, 6.07) is 0. The Morgan fingerprint density at radius 1 is 1.38 bits per heavy atom. The second kappa shape index (κ2) is 8.41. The summed E-state index contributed by atoms with van der Waals surface area (Å²) in [5.41, 5.74) is -1.47. The first kappa shape index (κ1) is 22.1. The molecule has 9 nitrogen and oxygen atoms in total. The number of aliphatic hydroxyl groups is 1. The maximum atomic E-state index is 13.7. The summed E-state index contributed by atoms with van der Waals surface area (Å²) in [5, 5.41) is 21.5. The second-order valence-corrected chi connectivity index (χ2v) is 7.95. The number of amides is 1. The van der Waals surface area contributed by atoms with Gasteiger partial charge in [0.15, 0.2) is 0 Å². The highest BCUT2D eigenvalue weighted by molar-refractivity contribution is 5.82. The molecule has 2 aromatic heterocycles. The van der Waals surface area contributed by atoms with Crippen molar-refractivity contribution >= 4 is 23.4 Å². The number of aromatic nitrogens is 4. The minimum Gasteiger partial charge on any atom is -0.395 e. The number of nitrogens with one attached hydrogen (secondary N) is 3. The molecular weight excluding hydrogens is 427 g/mol. The third-order valence-corrected chi connectivity index (χ3v) is 5.81. The molecule has 172 valence electrons. The van der Waals surface area contributed by atoms with Crippen molar-refractivity contribution in [1.82, 2.24) is 25.1 Å². The predicted molar refractivity (Wildman–Crippen MR) is 110 cm³/mol. The Morgan fingerprint density at radius 3 is 2.84 bits per heavy atom. The van der Waals surface area contributed by atoms with Crippen molar-refractivity contribution in [3.8, 4) is 0 Å². The van der Waals surface area contributed by atoms with Crippen LogP contribution in [0.25, 0.3) is 0 Å². The first-order chi connectivity index (χ1) is 15.2. The normalized spacial score (nSPS) is 24.0. The Hall–Kier alpha value is -3.15. The molecule has 1 saturated carbocycles. The van der Waals surface area contributed by atoms with Crippen molar-refractivity contribution in [2.45, 2.75) is 38.0 Å². The van der Waals surface area contributed by atoms with Gasteiger partial charge in [0.05, 0.1) is 29.9 Å². The van der Waals surface area contributed by atoms with Crippen LogP contribution in [0.15, 0.2) is 30.7 Å². The predicted octanol–water partition coefficient (Wildman–Crippen LogP) is 2.31. The van der Waals surface area contributed by atoms with Crippen LogP contribution in [-0.2, 0) is 17.5 Å². The lowest BCUT2D eigenvalue weighted by Crippen LogP contribution is -2.48. The SMILES string of the molecule is CCn1cc(Nc2ncc(C(F)(F)F)c(NC34C=CC(CC3C(=O)NCCO)C4)n2)cn1. The van der Waals surface area contributed by atoms with E-state index in [9.17, 15) is 18.0 Å². The fourth-order valence-electron chi connectivity index (χ4n) is 4.33. The molecular formula is C20H24F3N7O2. The molecule has 4 N–H and O–H groups in total. The van der Waals surface area contributed by atoms with Gasteiger partial charge < -0.3 is 21.1 Å². The van der Waals surface area contributed by atoms with E-state index in [1.807, 2.05) is 13.0 Å². The van der Waals surface area contributed by atoms with Gasteiger partial charge in [-0.1, -0.05) is 12.2 Å². The van der Waals surface area contributed by atoms with Crippen molar-refractivity contribution in [3.63, 3.8) is 0 Å². The number of anilines is 3. The Balaban J connectivity index is 1.64. The number of fused-ring (bicyclic) bond motifs is 2. The molecule has 4 rings (SSSR count). The summed E-state index contributed by atoms with van der Waals surface area (Å²) in [7, 11) is 0. The van der Waals surface area contributed by atoms with Gasteiger partial charge in [-0.15, -0.1) is 0 Å². The fraction of sp³-hybridized carbons (Fsp3) is 0.500. The highest BCUT2D eigenvalue weighted by Crippen LogP contribution is 2.49. The number of allylic oxidation sites excluding steroid dienone is 1. The maximum Gasteiger partial charge on any atom is 0.421 e. The Labute approximate surface area is 182 Å². The molecule has 0 aliphatic heterocycles.